The van der Waals surface area contributed by atoms with Crippen LogP contribution < -0.4 is 20.9 Å². The van der Waals surface area contributed by atoms with E-state index in [-0.39, 0.29) is 37.0 Å². The Morgan fingerprint density at radius 1 is 1.18 bits per heavy atom. The molecule has 1 radical (unpaired) electrons. The maximum atomic E-state index is 14.4. The predicted molar refractivity (Wildman–Crippen MR) is 172 cm³/mol. The van der Waals surface area contributed by atoms with E-state index in [1.807, 2.05) is 50.2 Å². The SMILES string of the molecule is [CH2]C1(COP(=O)(N[C@@H](Cc2ccccc2)C(=O)OCC(CC)CC)Oc2ccccc2)C/C1=C/n1cnc2c(=O)[nH]c(N)nc21. The van der Waals surface area contributed by atoms with Crippen LogP contribution in [-0.4, -0.2) is 44.7 Å². The molecule has 1 saturated carbocycles. The highest BCUT2D eigenvalue weighted by Crippen LogP contribution is 2.56. The minimum absolute atomic E-state index is 0.0266. The number of ether oxygens (including phenoxy) is 1. The van der Waals surface area contributed by atoms with Crippen LogP contribution in [-0.2, 0) is 25.0 Å². The highest BCUT2D eigenvalue weighted by Gasteiger charge is 2.47. The Labute approximate surface area is 261 Å². The van der Waals surface area contributed by atoms with Crippen molar-refractivity contribution in [2.45, 2.75) is 45.6 Å². The van der Waals surface area contributed by atoms with Gasteiger partial charge in [-0.05, 0) is 49.0 Å². The maximum absolute atomic E-state index is 14.4. The van der Waals surface area contributed by atoms with Crippen LogP contribution in [0, 0.1) is 18.3 Å². The molecule has 0 aliphatic heterocycles. The van der Waals surface area contributed by atoms with Gasteiger partial charge in [0.2, 0.25) is 5.95 Å². The first kappa shape index (κ1) is 32.2. The molecule has 0 spiro atoms. The lowest BCUT2D eigenvalue weighted by Gasteiger charge is -2.26. The van der Waals surface area contributed by atoms with E-state index in [0.29, 0.717) is 17.8 Å². The third-order valence-electron chi connectivity index (χ3n) is 7.81. The van der Waals surface area contributed by atoms with Gasteiger partial charge in [0.05, 0.1) is 13.2 Å². The Morgan fingerprint density at radius 3 is 2.56 bits per heavy atom. The monoisotopic (exact) mass is 633 g/mol. The normalized spacial score (nSPS) is 19.0. The van der Waals surface area contributed by atoms with Crippen molar-refractivity contribution in [1.29, 1.82) is 0 Å². The molecule has 0 bridgehead atoms. The minimum Gasteiger partial charge on any atom is -0.464 e. The lowest BCUT2D eigenvalue weighted by Crippen LogP contribution is -2.40. The molecule has 1 fully saturated rings. The minimum atomic E-state index is -4.17. The fourth-order valence-electron chi connectivity index (χ4n) is 4.82. The number of H-pyrrole nitrogens is 1. The van der Waals surface area contributed by atoms with E-state index in [4.69, 9.17) is 19.5 Å². The Balaban J connectivity index is 1.37. The van der Waals surface area contributed by atoms with Crippen LogP contribution in [0.2, 0.25) is 0 Å². The van der Waals surface area contributed by atoms with E-state index in [1.54, 1.807) is 35.0 Å². The number of benzene rings is 2. The van der Waals surface area contributed by atoms with E-state index >= 15 is 0 Å². The van der Waals surface area contributed by atoms with Crippen LogP contribution in [0.4, 0.5) is 5.95 Å². The molecular formula is C32H38N6O6P. The average Bonchev–Trinajstić information content (AvgIpc) is 3.49. The van der Waals surface area contributed by atoms with Crippen molar-refractivity contribution < 1.29 is 23.1 Å². The molecule has 13 heteroatoms. The van der Waals surface area contributed by atoms with E-state index in [1.165, 1.54) is 6.33 Å². The van der Waals surface area contributed by atoms with Gasteiger partial charge in [-0.2, -0.15) is 10.1 Å². The molecule has 4 N–H and O–H groups in total. The number of anilines is 1. The quantitative estimate of drug-likeness (QED) is 0.118. The zero-order valence-corrected chi connectivity index (χ0v) is 26.2. The summed E-state index contributed by atoms with van der Waals surface area (Å²) in [6.45, 7) is 8.56. The molecule has 2 aromatic carbocycles. The van der Waals surface area contributed by atoms with Gasteiger partial charge in [-0.15, -0.1) is 0 Å². The van der Waals surface area contributed by atoms with Crippen LogP contribution >= 0.6 is 7.75 Å². The second-order valence-electron chi connectivity index (χ2n) is 11.2. The van der Waals surface area contributed by atoms with Crippen molar-refractivity contribution in [1.82, 2.24) is 24.6 Å². The van der Waals surface area contributed by atoms with Gasteiger partial charge in [0.15, 0.2) is 11.2 Å². The highest BCUT2D eigenvalue weighted by molar-refractivity contribution is 7.52. The van der Waals surface area contributed by atoms with Crippen LogP contribution in [0.25, 0.3) is 17.4 Å². The maximum Gasteiger partial charge on any atom is 0.459 e. The van der Waals surface area contributed by atoms with Crippen molar-refractivity contribution in [2.75, 3.05) is 18.9 Å². The van der Waals surface area contributed by atoms with Gasteiger partial charge < -0.3 is 15.0 Å². The number of imidazole rings is 1. The van der Waals surface area contributed by atoms with E-state index < -0.39 is 30.7 Å². The van der Waals surface area contributed by atoms with Gasteiger partial charge in [-0.25, -0.2) is 9.55 Å². The first-order valence-corrected chi connectivity index (χ1v) is 16.4. The van der Waals surface area contributed by atoms with Crippen molar-refractivity contribution in [3.63, 3.8) is 0 Å². The van der Waals surface area contributed by atoms with Crippen LogP contribution in [0.15, 0.2) is 77.4 Å². The van der Waals surface area contributed by atoms with E-state index in [0.717, 1.165) is 24.0 Å². The third-order valence-corrected chi connectivity index (χ3v) is 9.36. The van der Waals surface area contributed by atoms with Crippen LogP contribution in [0.5, 0.6) is 5.75 Å². The van der Waals surface area contributed by atoms with Gasteiger partial charge >= 0.3 is 13.7 Å². The summed E-state index contributed by atoms with van der Waals surface area (Å²) in [5, 5.41) is 2.90. The molecule has 2 unspecified atom stereocenters. The molecule has 2 heterocycles. The first-order chi connectivity index (χ1) is 21.6. The summed E-state index contributed by atoms with van der Waals surface area (Å²) in [5.74, 6) is -0.0446. The number of aromatic nitrogens is 4. The number of hydrogen-bond acceptors (Lipinski definition) is 9. The predicted octanol–water partition coefficient (Wildman–Crippen LogP) is 5.15. The molecule has 237 valence electrons. The van der Waals surface area contributed by atoms with Gasteiger partial charge in [0, 0.05) is 11.6 Å². The number of esters is 1. The number of carbonyl (C=O) groups is 1. The number of fused-ring (bicyclic) bond motifs is 1. The van der Waals surface area contributed by atoms with Gasteiger partial charge in [0.1, 0.15) is 18.1 Å². The summed E-state index contributed by atoms with van der Waals surface area (Å²) in [4.78, 5) is 36.3. The number of nitrogens with one attached hydrogen (secondary N) is 2. The number of rotatable bonds is 15. The zero-order valence-electron chi connectivity index (χ0n) is 25.3. The van der Waals surface area contributed by atoms with Crippen LogP contribution in [0.3, 0.4) is 0 Å². The molecular weight excluding hydrogens is 595 g/mol. The van der Waals surface area contributed by atoms with Crippen molar-refractivity contribution in [3.8, 4) is 5.75 Å². The number of nitrogen functional groups attached to an aromatic ring is 1. The average molecular weight is 634 g/mol. The topological polar surface area (TPSA) is 163 Å². The van der Waals surface area contributed by atoms with Crippen LogP contribution in [0.1, 0.15) is 38.7 Å². The number of nitrogens with two attached hydrogens (primary N) is 1. The fraction of sp³-hybridized carbons (Fsp3) is 0.344. The molecule has 45 heavy (non-hydrogen) atoms. The summed E-state index contributed by atoms with van der Waals surface area (Å²) in [5.41, 5.74) is 6.68. The number of hydrogen-bond donors (Lipinski definition) is 3. The molecule has 5 rings (SSSR count). The Bertz CT molecular complexity index is 1750. The number of aromatic amines is 1. The smallest absolute Gasteiger partial charge is 0.459 e. The standard InChI is InChI=1S/C32H38N6O6P/c1-4-22(5-2)19-42-30(40)26(16-23-12-8-6-9-13-23)37-45(41,44-25-14-10-7-11-15-25)43-20-32(3)17-24(32)18-38-21-34-27-28(38)35-31(33)36-29(27)39/h6-15,18,21-22,26H,3-5,16-17,19-20H2,1-2H3,(H,37,41)(H3,33,35,36,39)/b24-18-/t26-,32?,45?/m0/s1. The highest BCUT2D eigenvalue weighted by atomic mass is 31.2. The molecule has 1 aliphatic carbocycles. The summed E-state index contributed by atoms with van der Waals surface area (Å²) < 4.78 is 33.6. The summed E-state index contributed by atoms with van der Waals surface area (Å²) in [6.07, 6.45) is 5.68. The second-order valence-corrected chi connectivity index (χ2v) is 12.9. The fourth-order valence-corrected chi connectivity index (χ4v) is 6.39. The van der Waals surface area contributed by atoms with E-state index in [9.17, 15) is 14.2 Å². The van der Waals surface area contributed by atoms with Gasteiger partial charge in [-0.1, -0.05) is 75.2 Å². The largest absolute Gasteiger partial charge is 0.464 e. The zero-order chi connectivity index (χ0) is 32.0. The molecule has 0 saturated heterocycles. The van der Waals surface area contributed by atoms with Crippen molar-refractivity contribution in [3.05, 3.63) is 95.4 Å². The summed E-state index contributed by atoms with van der Waals surface area (Å²) >= 11 is 0. The second kappa shape index (κ2) is 13.8. The summed E-state index contributed by atoms with van der Waals surface area (Å²) in [7, 11) is -4.17. The Hall–Kier alpha value is -4.25. The number of carbonyl (C=O) groups excluding carboxylic acids is 1. The molecule has 12 nitrogen and oxygen atoms in total. The molecule has 3 atom stereocenters. The number of nitrogens with zero attached hydrogens (tertiary/aromatic N) is 3. The third kappa shape index (κ3) is 8.08. The van der Waals surface area contributed by atoms with E-state index in [2.05, 4.69) is 27.0 Å². The van der Waals surface area contributed by atoms with Gasteiger partial charge in [-0.3, -0.25) is 23.7 Å². The van der Waals surface area contributed by atoms with Gasteiger partial charge in [0.25, 0.3) is 5.56 Å². The number of para-hydroxylation sites is 1. The summed E-state index contributed by atoms with van der Waals surface area (Å²) in [6, 6.07) is 17.0. The molecule has 4 aromatic rings. The lowest BCUT2D eigenvalue weighted by atomic mass is 10.0. The van der Waals surface area contributed by atoms with Crippen molar-refractivity contribution >= 4 is 37.0 Å². The lowest BCUT2D eigenvalue weighted by molar-refractivity contribution is -0.147. The van der Waals surface area contributed by atoms with Crippen molar-refractivity contribution in [2.24, 2.45) is 11.3 Å². The molecule has 2 aromatic heterocycles. The first-order valence-electron chi connectivity index (χ1n) is 14.9. The molecule has 1 aliphatic rings. The Kier molecular flexibility index (Phi) is 9.86. The Morgan fingerprint density at radius 2 is 1.87 bits per heavy atom. The molecule has 0 amide bonds.